The molecule has 1 amide bonds. The normalized spacial score (nSPS) is 17.0. The number of aromatic nitrogens is 2. The van der Waals surface area contributed by atoms with E-state index in [-0.39, 0.29) is 11.4 Å². The first kappa shape index (κ1) is 14.3. The number of hydrogen-bond acceptors (Lipinski definition) is 4. The SMILES string of the molecule is Cc1nc(-c2c[nH]c(C(=O)NC3(CN)CCCC3)c2)cs1. The number of aryl methyl sites for hydroxylation is 1. The third-order valence-electron chi connectivity index (χ3n) is 4.17. The van der Waals surface area contributed by atoms with Crippen LogP contribution >= 0.6 is 11.3 Å². The summed E-state index contributed by atoms with van der Waals surface area (Å²) in [5.74, 6) is -0.0828. The number of thiazole rings is 1. The van der Waals surface area contributed by atoms with E-state index < -0.39 is 0 Å². The summed E-state index contributed by atoms with van der Waals surface area (Å²) in [4.78, 5) is 19.9. The van der Waals surface area contributed by atoms with Crippen molar-refractivity contribution < 1.29 is 4.79 Å². The molecule has 1 aliphatic rings. The molecule has 1 fully saturated rings. The highest BCUT2D eigenvalue weighted by Crippen LogP contribution is 2.29. The Morgan fingerprint density at radius 1 is 1.52 bits per heavy atom. The van der Waals surface area contributed by atoms with Crippen LogP contribution in [0.5, 0.6) is 0 Å². The Morgan fingerprint density at radius 3 is 2.90 bits per heavy atom. The van der Waals surface area contributed by atoms with E-state index in [1.165, 1.54) is 0 Å². The molecule has 0 saturated heterocycles. The van der Waals surface area contributed by atoms with Crippen LogP contribution in [0.1, 0.15) is 41.2 Å². The maximum Gasteiger partial charge on any atom is 0.268 e. The van der Waals surface area contributed by atoms with E-state index in [1.54, 1.807) is 11.3 Å². The van der Waals surface area contributed by atoms with E-state index in [1.807, 2.05) is 24.6 Å². The summed E-state index contributed by atoms with van der Waals surface area (Å²) in [5.41, 5.74) is 8.05. The predicted molar refractivity (Wildman–Crippen MR) is 84.4 cm³/mol. The molecule has 0 radical (unpaired) electrons. The van der Waals surface area contributed by atoms with Crippen LogP contribution in [-0.4, -0.2) is 28.0 Å². The van der Waals surface area contributed by atoms with E-state index in [0.717, 1.165) is 41.9 Å². The second-order valence-electron chi connectivity index (χ2n) is 5.70. The highest BCUT2D eigenvalue weighted by Gasteiger charge is 2.34. The largest absolute Gasteiger partial charge is 0.357 e. The molecule has 0 aliphatic heterocycles. The van der Waals surface area contributed by atoms with Crippen molar-refractivity contribution in [1.29, 1.82) is 0 Å². The van der Waals surface area contributed by atoms with Crippen LogP contribution in [0.15, 0.2) is 17.6 Å². The third kappa shape index (κ3) is 2.87. The lowest BCUT2D eigenvalue weighted by Gasteiger charge is -2.28. The topological polar surface area (TPSA) is 83.8 Å². The van der Waals surface area contributed by atoms with Crippen LogP contribution in [0, 0.1) is 6.92 Å². The molecular weight excluding hydrogens is 284 g/mol. The van der Waals surface area contributed by atoms with E-state index in [2.05, 4.69) is 15.3 Å². The maximum atomic E-state index is 12.4. The smallest absolute Gasteiger partial charge is 0.268 e. The lowest BCUT2D eigenvalue weighted by Crippen LogP contribution is -2.51. The molecule has 5 nitrogen and oxygen atoms in total. The van der Waals surface area contributed by atoms with Crippen LogP contribution in [0.4, 0.5) is 0 Å². The van der Waals surface area contributed by atoms with Crippen molar-refractivity contribution in [2.75, 3.05) is 6.54 Å². The van der Waals surface area contributed by atoms with Crippen LogP contribution in [-0.2, 0) is 0 Å². The van der Waals surface area contributed by atoms with Crippen LogP contribution in [0.3, 0.4) is 0 Å². The van der Waals surface area contributed by atoms with E-state index in [9.17, 15) is 4.79 Å². The van der Waals surface area contributed by atoms with Gasteiger partial charge in [-0.15, -0.1) is 11.3 Å². The molecule has 0 bridgehead atoms. The van der Waals surface area contributed by atoms with Gasteiger partial charge in [0.05, 0.1) is 16.2 Å². The average Bonchev–Trinajstić information content (AvgIpc) is 3.18. The van der Waals surface area contributed by atoms with Crippen molar-refractivity contribution in [3.05, 3.63) is 28.3 Å². The van der Waals surface area contributed by atoms with Gasteiger partial charge >= 0.3 is 0 Å². The first-order chi connectivity index (χ1) is 10.1. The standard InChI is InChI=1S/C15H20N4OS/c1-10-18-13(8-21-10)11-6-12(17-7-11)14(20)19-15(9-16)4-2-3-5-15/h6-8,17H,2-5,9,16H2,1H3,(H,19,20). The molecule has 1 saturated carbocycles. The van der Waals surface area contributed by atoms with Crippen molar-refractivity contribution >= 4 is 17.2 Å². The molecule has 3 rings (SSSR count). The number of carbonyl (C=O) groups is 1. The van der Waals surface area contributed by atoms with Crippen molar-refractivity contribution in [3.8, 4) is 11.3 Å². The van der Waals surface area contributed by atoms with Gasteiger partial charge in [-0.1, -0.05) is 12.8 Å². The Hall–Kier alpha value is -1.66. The number of carbonyl (C=O) groups excluding carboxylic acids is 1. The van der Waals surface area contributed by atoms with Gasteiger partial charge in [0.2, 0.25) is 0 Å². The summed E-state index contributed by atoms with van der Waals surface area (Å²) in [6.45, 7) is 2.47. The zero-order valence-corrected chi connectivity index (χ0v) is 12.9. The van der Waals surface area contributed by atoms with Gasteiger partial charge in [-0.25, -0.2) is 4.98 Å². The lowest BCUT2D eigenvalue weighted by molar-refractivity contribution is 0.0898. The lowest BCUT2D eigenvalue weighted by atomic mass is 9.97. The molecule has 2 aromatic heterocycles. The van der Waals surface area contributed by atoms with Crippen molar-refractivity contribution in [2.45, 2.75) is 38.1 Å². The van der Waals surface area contributed by atoms with Gasteiger partial charge in [0.25, 0.3) is 5.91 Å². The fourth-order valence-corrected chi connectivity index (χ4v) is 3.53. The molecule has 21 heavy (non-hydrogen) atoms. The fraction of sp³-hybridized carbons (Fsp3) is 0.467. The van der Waals surface area contributed by atoms with E-state index in [0.29, 0.717) is 12.2 Å². The van der Waals surface area contributed by atoms with Gasteiger partial charge in [0.15, 0.2) is 0 Å². The Morgan fingerprint density at radius 2 is 2.29 bits per heavy atom. The Balaban J connectivity index is 1.75. The minimum Gasteiger partial charge on any atom is -0.357 e. The number of hydrogen-bond donors (Lipinski definition) is 3. The summed E-state index contributed by atoms with van der Waals surface area (Å²) >= 11 is 1.60. The predicted octanol–water partition coefficient (Wildman–Crippen LogP) is 2.45. The summed E-state index contributed by atoms with van der Waals surface area (Å²) < 4.78 is 0. The minimum absolute atomic E-state index is 0.0828. The van der Waals surface area contributed by atoms with Crippen LogP contribution < -0.4 is 11.1 Å². The number of H-pyrrole nitrogens is 1. The first-order valence-electron chi connectivity index (χ1n) is 7.25. The fourth-order valence-electron chi connectivity index (χ4n) is 2.91. The molecule has 0 unspecified atom stereocenters. The molecule has 0 aromatic carbocycles. The van der Waals surface area contributed by atoms with Gasteiger partial charge in [-0.3, -0.25) is 4.79 Å². The van der Waals surface area contributed by atoms with Gasteiger partial charge in [-0.2, -0.15) is 0 Å². The quantitative estimate of drug-likeness (QED) is 0.811. The Labute approximate surface area is 128 Å². The number of nitrogens with two attached hydrogens (primary N) is 1. The second-order valence-corrected chi connectivity index (χ2v) is 6.76. The number of amides is 1. The monoisotopic (exact) mass is 304 g/mol. The van der Waals surface area contributed by atoms with Gasteiger partial charge in [-0.05, 0) is 25.8 Å². The molecule has 4 N–H and O–H groups in total. The average molecular weight is 304 g/mol. The van der Waals surface area contributed by atoms with Crippen LogP contribution in [0.2, 0.25) is 0 Å². The second kappa shape index (κ2) is 5.61. The zero-order valence-electron chi connectivity index (χ0n) is 12.1. The van der Waals surface area contributed by atoms with E-state index in [4.69, 9.17) is 5.73 Å². The van der Waals surface area contributed by atoms with E-state index >= 15 is 0 Å². The van der Waals surface area contributed by atoms with Gasteiger partial charge in [0, 0.05) is 23.7 Å². The summed E-state index contributed by atoms with van der Waals surface area (Å²) in [6, 6.07) is 1.85. The molecule has 112 valence electrons. The molecular formula is C15H20N4OS. The molecule has 0 atom stereocenters. The third-order valence-corrected chi connectivity index (χ3v) is 4.95. The molecule has 2 heterocycles. The van der Waals surface area contributed by atoms with Gasteiger partial charge < -0.3 is 16.0 Å². The maximum absolute atomic E-state index is 12.4. The molecule has 0 spiro atoms. The minimum atomic E-state index is -0.223. The van der Waals surface area contributed by atoms with Crippen LogP contribution in [0.25, 0.3) is 11.3 Å². The number of rotatable bonds is 4. The van der Waals surface area contributed by atoms with Crippen molar-refractivity contribution in [2.24, 2.45) is 5.73 Å². The molecule has 6 heteroatoms. The Bertz CT molecular complexity index is 640. The number of nitrogens with one attached hydrogen (secondary N) is 2. The zero-order chi connectivity index (χ0) is 14.9. The summed E-state index contributed by atoms with van der Waals surface area (Å²) in [7, 11) is 0. The number of aromatic amines is 1. The molecule has 2 aromatic rings. The highest BCUT2D eigenvalue weighted by atomic mass is 32.1. The van der Waals surface area contributed by atoms with Crippen molar-refractivity contribution in [1.82, 2.24) is 15.3 Å². The summed E-state index contributed by atoms with van der Waals surface area (Å²) in [6.07, 6.45) is 6.02. The molecule has 1 aliphatic carbocycles. The van der Waals surface area contributed by atoms with Gasteiger partial charge in [0.1, 0.15) is 5.69 Å². The number of nitrogens with zero attached hydrogens (tertiary/aromatic N) is 1. The Kier molecular flexibility index (Phi) is 3.82. The first-order valence-corrected chi connectivity index (χ1v) is 8.13. The highest BCUT2D eigenvalue weighted by molar-refractivity contribution is 7.09. The van der Waals surface area contributed by atoms with Crippen molar-refractivity contribution in [3.63, 3.8) is 0 Å². The summed E-state index contributed by atoms with van der Waals surface area (Å²) in [5, 5.41) is 6.13.